The van der Waals surface area contributed by atoms with Crippen molar-refractivity contribution in [2.75, 3.05) is 0 Å². The third-order valence-corrected chi connectivity index (χ3v) is 3.78. The zero-order valence-electron chi connectivity index (χ0n) is 8.55. The van der Waals surface area contributed by atoms with E-state index in [0.717, 1.165) is 15.7 Å². The Morgan fingerprint density at radius 2 is 2.06 bits per heavy atom. The number of ether oxygens (including phenoxy) is 1. The highest BCUT2D eigenvalue weighted by Crippen LogP contribution is 2.24. The van der Waals surface area contributed by atoms with Crippen molar-refractivity contribution < 1.29 is 13.5 Å². The summed E-state index contributed by atoms with van der Waals surface area (Å²) >= 11 is 3.03. The van der Waals surface area contributed by atoms with E-state index in [2.05, 4.69) is 14.9 Å². The third-order valence-electron chi connectivity index (χ3n) is 1.85. The third kappa shape index (κ3) is 3.94. The van der Waals surface area contributed by atoms with E-state index in [4.69, 9.17) is 0 Å². The van der Waals surface area contributed by atoms with Crippen LogP contribution in [0.5, 0.6) is 5.75 Å². The van der Waals surface area contributed by atoms with Crippen molar-refractivity contribution in [3.63, 3.8) is 0 Å². The molecule has 0 saturated carbocycles. The number of hydrogen-bond acceptors (Lipinski definition) is 5. The van der Waals surface area contributed by atoms with Crippen molar-refractivity contribution in [1.82, 2.24) is 10.2 Å². The first kappa shape index (κ1) is 12.3. The van der Waals surface area contributed by atoms with Gasteiger partial charge >= 0.3 is 6.61 Å². The highest BCUT2D eigenvalue weighted by atomic mass is 32.2. The Labute approximate surface area is 105 Å². The molecule has 0 amide bonds. The Morgan fingerprint density at radius 1 is 1.29 bits per heavy atom. The quantitative estimate of drug-likeness (QED) is 0.782. The van der Waals surface area contributed by atoms with Gasteiger partial charge in [-0.1, -0.05) is 35.2 Å². The number of halogens is 2. The van der Waals surface area contributed by atoms with Crippen molar-refractivity contribution in [3.8, 4) is 5.75 Å². The normalized spacial score (nSPS) is 10.8. The van der Waals surface area contributed by atoms with Gasteiger partial charge in [-0.2, -0.15) is 8.78 Å². The largest absolute Gasteiger partial charge is 0.435 e. The molecule has 90 valence electrons. The maximum atomic E-state index is 11.9. The van der Waals surface area contributed by atoms with E-state index in [-0.39, 0.29) is 5.75 Å². The van der Waals surface area contributed by atoms with Gasteiger partial charge in [-0.3, -0.25) is 0 Å². The molecule has 0 aliphatic carbocycles. The Bertz CT molecular complexity index is 448. The molecule has 0 spiro atoms. The number of nitrogens with zero attached hydrogens (tertiary/aromatic N) is 2. The summed E-state index contributed by atoms with van der Waals surface area (Å²) in [5, 5.41) is 7.62. The van der Waals surface area contributed by atoms with Crippen LogP contribution in [0.1, 0.15) is 5.56 Å². The average Bonchev–Trinajstić information content (AvgIpc) is 2.80. The minimum atomic E-state index is -2.78. The molecule has 17 heavy (non-hydrogen) atoms. The fourth-order valence-corrected chi connectivity index (χ4v) is 2.58. The van der Waals surface area contributed by atoms with E-state index in [0.29, 0.717) is 0 Å². The van der Waals surface area contributed by atoms with Crippen LogP contribution in [0.4, 0.5) is 8.78 Å². The van der Waals surface area contributed by atoms with Crippen molar-refractivity contribution in [2.24, 2.45) is 0 Å². The van der Waals surface area contributed by atoms with Crippen LogP contribution in [-0.2, 0) is 5.75 Å². The molecule has 0 radical (unpaired) electrons. The van der Waals surface area contributed by atoms with E-state index >= 15 is 0 Å². The van der Waals surface area contributed by atoms with E-state index in [1.165, 1.54) is 23.5 Å². The van der Waals surface area contributed by atoms with E-state index in [1.54, 1.807) is 29.4 Å². The van der Waals surface area contributed by atoms with Crippen LogP contribution in [-0.4, -0.2) is 16.8 Å². The lowest BCUT2D eigenvalue weighted by atomic mass is 10.2. The first-order valence-corrected chi connectivity index (χ1v) is 6.53. The van der Waals surface area contributed by atoms with E-state index < -0.39 is 6.61 Å². The number of rotatable bonds is 5. The Morgan fingerprint density at radius 3 is 2.65 bits per heavy atom. The number of aromatic nitrogens is 2. The number of hydrogen-bond donors (Lipinski definition) is 0. The summed E-state index contributed by atoms with van der Waals surface area (Å²) in [4.78, 5) is 0. The van der Waals surface area contributed by atoms with E-state index in [1.807, 2.05) is 0 Å². The van der Waals surface area contributed by atoms with Gasteiger partial charge in [0.05, 0.1) is 0 Å². The zero-order valence-corrected chi connectivity index (χ0v) is 10.2. The van der Waals surface area contributed by atoms with Crippen molar-refractivity contribution in [3.05, 3.63) is 35.3 Å². The van der Waals surface area contributed by atoms with Crippen LogP contribution in [0.15, 0.2) is 34.1 Å². The number of alkyl halides is 2. The topological polar surface area (TPSA) is 35.0 Å². The molecule has 3 nitrogen and oxygen atoms in total. The molecule has 2 aromatic rings. The smallest absolute Gasteiger partial charge is 0.387 e. The Kier molecular flexibility index (Phi) is 4.27. The van der Waals surface area contributed by atoms with Crippen LogP contribution < -0.4 is 4.74 Å². The maximum absolute atomic E-state index is 11.9. The van der Waals surface area contributed by atoms with Crippen molar-refractivity contribution >= 4 is 23.1 Å². The molecule has 0 saturated heterocycles. The second kappa shape index (κ2) is 5.92. The summed E-state index contributed by atoms with van der Waals surface area (Å²) in [6.45, 7) is -2.78. The summed E-state index contributed by atoms with van der Waals surface area (Å²) in [6.07, 6.45) is 0. The lowest BCUT2D eigenvalue weighted by Gasteiger charge is -2.04. The van der Waals surface area contributed by atoms with E-state index in [9.17, 15) is 8.78 Å². The summed E-state index contributed by atoms with van der Waals surface area (Å²) in [6, 6.07) is 6.57. The van der Waals surface area contributed by atoms with Gasteiger partial charge in [0.2, 0.25) is 0 Å². The molecule has 0 aliphatic heterocycles. The minimum Gasteiger partial charge on any atom is -0.435 e. The molecule has 0 aliphatic rings. The van der Waals surface area contributed by atoms with Crippen molar-refractivity contribution in [1.29, 1.82) is 0 Å². The predicted octanol–water partition coefficient (Wildman–Crippen LogP) is 3.43. The Balaban J connectivity index is 1.89. The molecule has 0 N–H and O–H groups in total. The SMILES string of the molecule is FC(F)Oc1ccc(CSc2nncs2)cc1. The van der Waals surface area contributed by atoms with Gasteiger partial charge in [0.25, 0.3) is 0 Å². The highest BCUT2D eigenvalue weighted by Gasteiger charge is 2.04. The Hall–Kier alpha value is -1.21. The minimum absolute atomic E-state index is 0.171. The van der Waals surface area contributed by atoms with Crippen LogP contribution >= 0.6 is 23.1 Å². The first-order valence-electron chi connectivity index (χ1n) is 4.67. The average molecular weight is 274 g/mol. The molecule has 1 aromatic carbocycles. The first-order chi connectivity index (χ1) is 8.24. The van der Waals surface area contributed by atoms with Crippen LogP contribution in [0.2, 0.25) is 0 Å². The fraction of sp³-hybridized carbons (Fsp3) is 0.200. The summed E-state index contributed by atoms with van der Waals surface area (Å²) in [5.41, 5.74) is 2.69. The molecule has 1 heterocycles. The molecular weight excluding hydrogens is 266 g/mol. The molecule has 7 heteroatoms. The van der Waals surface area contributed by atoms with Gasteiger partial charge in [-0.15, -0.1) is 10.2 Å². The highest BCUT2D eigenvalue weighted by molar-refractivity contribution is 8.00. The standard InChI is InChI=1S/C10H8F2N2OS2/c11-9(12)15-8-3-1-7(2-4-8)5-16-10-14-13-6-17-10/h1-4,6,9H,5H2. The second-order valence-corrected chi connectivity index (χ2v) is 5.07. The van der Waals surface area contributed by atoms with Crippen LogP contribution in [0, 0.1) is 0 Å². The molecule has 1 aromatic heterocycles. The van der Waals surface area contributed by atoms with Gasteiger partial charge in [0.15, 0.2) is 4.34 Å². The molecule has 0 bridgehead atoms. The lowest BCUT2D eigenvalue weighted by molar-refractivity contribution is -0.0498. The molecule has 0 unspecified atom stereocenters. The summed E-state index contributed by atoms with van der Waals surface area (Å²) < 4.78 is 29.0. The second-order valence-electron chi connectivity index (χ2n) is 3.02. The fourth-order valence-electron chi connectivity index (χ4n) is 1.14. The molecule has 0 fully saturated rings. The maximum Gasteiger partial charge on any atom is 0.387 e. The van der Waals surface area contributed by atoms with Crippen LogP contribution in [0.25, 0.3) is 0 Å². The monoisotopic (exact) mass is 274 g/mol. The van der Waals surface area contributed by atoms with Gasteiger partial charge in [-0.25, -0.2) is 0 Å². The molecule has 2 rings (SSSR count). The van der Waals surface area contributed by atoms with Crippen molar-refractivity contribution in [2.45, 2.75) is 16.7 Å². The molecular formula is C10H8F2N2OS2. The summed E-state index contributed by atoms with van der Waals surface area (Å²) in [5.74, 6) is 0.897. The zero-order chi connectivity index (χ0) is 12.1. The molecule has 0 atom stereocenters. The van der Waals surface area contributed by atoms with Gasteiger partial charge in [-0.05, 0) is 17.7 Å². The summed E-state index contributed by atoms with van der Waals surface area (Å²) in [7, 11) is 0. The van der Waals surface area contributed by atoms with Gasteiger partial charge in [0, 0.05) is 5.75 Å². The predicted molar refractivity (Wildman–Crippen MR) is 62.5 cm³/mol. The van der Waals surface area contributed by atoms with Gasteiger partial charge < -0.3 is 4.74 Å². The van der Waals surface area contributed by atoms with Gasteiger partial charge in [0.1, 0.15) is 11.3 Å². The lowest BCUT2D eigenvalue weighted by Crippen LogP contribution is -2.01. The number of benzene rings is 1. The van der Waals surface area contributed by atoms with Crippen LogP contribution in [0.3, 0.4) is 0 Å². The number of thioether (sulfide) groups is 1.